The molecule has 2 fully saturated rings. The molecule has 122 valence electrons. The number of piperidine rings is 1. The van der Waals surface area contributed by atoms with Crippen molar-refractivity contribution in [2.75, 3.05) is 6.54 Å². The number of amides is 1. The highest BCUT2D eigenvalue weighted by molar-refractivity contribution is 5.69. The van der Waals surface area contributed by atoms with Crippen LogP contribution in [0.25, 0.3) is 0 Å². The Morgan fingerprint density at radius 3 is 2.19 bits per heavy atom. The van der Waals surface area contributed by atoms with Gasteiger partial charge in [-0.2, -0.15) is 0 Å². The number of rotatable bonds is 1. The van der Waals surface area contributed by atoms with Crippen LogP contribution in [0.3, 0.4) is 0 Å². The summed E-state index contributed by atoms with van der Waals surface area (Å²) in [5, 5.41) is 0. The van der Waals surface area contributed by atoms with E-state index in [2.05, 4.69) is 27.7 Å². The van der Waals surface area contributed by atoms with Crippen molar-refractivity contribution in [3.8, 4) is 0 Å². The fourth-order valence-electron chi connectivity index (χ4n) is 3.70. The van der Waals surface area contributed by atoms with E-state index in [1.807, 2.05) is 25.7 Å². The topological polar surface area (TPSA) is 55.6 Å². The highest BCUT2D eigenvalue weighted by atomic mass is 16.6. The lowest BCUT2D eigenvalue weighted by Crippen LogP contribution is -2.53. The lowest BCUT2D eigenvalue weighted by Gasteiger charge is -2.44. The number of likely N-dealkylation sites (tertiary alicyclic amines) is 1. The smallest absolute Gasteiger partial charge is 0.410 e. The average Bonchev–Trinajstić information content (AvgIpc) is 2.75. The van der Waals surface area contributed by atoms with Gasteiger partial charge in [0.25, 0.3) is 0 Å². The monoisotopic (exact) mass is 296 g/mol. The molecule has 0 aromatic carbocycles. The minimum Gasteiger partial charge on any atom is -0.444 e. The van der Waals surface area contributed by atoms with Crippen LogP contribution in [-0.2, 0) is 4.74 Å². The first kappa shape index (κ1) is 16.6. The molecule has 0 radical (unpaired) electrons. The molecule has 1 heterocycles. The first-order valence-electron chi connectivity index (χ1n) is 8.10. The molecule has 1 saturated carbocycles. The maximum atomic E-state index is 12.6. The highest BCUT2D eigenvalue weighted by Gasteiger charge is 2.61. The van der Waals surface area contributed by atoms with Crippen molar-refractivity contribution in [1.82, 2.24) is 4.90 Å². The highest BCUT2D eigenvalue weighted by Crippen LogP contribution is 2.56. The minimum absolute atomic E-state index is 0.131. The Kier molecular flexibility index (Phi) is 3.85. The Morgan fingerprint density at radius 2 is 1.76 bits per heavy atom. The van der Waals surface area contributed by atoms with E-state index < -0.39 is 5.60 Å². The van der Waals surface area contributed by atoms with Gasteiger partial charge in [-0.15, -0.1) is 0 Å². The summed E-state index contributed by atoms with van der Waals surface area (Å²) < 4.78 is 5.63. The molecule has 1 saturated heterocycles. The van der Waals surface area contributed by atoms with Gasteiger partial charge in [0.15, 0.2) is 0 Å². The van der Waals surface area contributed by atoms with Crippen LogP contribution >= 0.6 is 0 Å². The van der Waals surface area contributed by atoms with Gasteiger partial charge >= 0.3 is 6.09 Å². The van der Waals surface area contributed by atoms with Gasteiger partial charge in [0.2, 0.25) is 0 Å². The molecule has 2 rings (SSSR count). The van der Waals surface area contributed by atoms with Crippen molar-refractivity contribution in [2.24, 2.45) is 22.5 Å². The molecule has 3 atom stereocenters. The number of hydrogen-bond donors (Lipinski definition) is 1. The molecule has 3 unspecified atom stereocenters. The molecule has 4 heteroatoms. The average molecular weight is 296 g/mol. The second kappa shape index (κ2) is 4.87. The van der Waals surface area contributed by atoms with E-state index >= 15 is 0 Å². The predicted molar refractivity (Wildman–Crippen MR) is 85.0 cm³/mol. The van der Waals surface area contributed by atoms with Crippen molar-refractivity contribution < 1.29 is 9.53 Å². The van der Waals surface area contributed by atoms with Gasteiger partial charge in [0, 0.05) is 24.5 Å². The first-order valence-corrected chi connectivity index (χ1v) is 8.10. The largest absolute Gasteiger partial charge is 0.444 e. The zero-order valence-corrected chi connectivity index (χ0v) is 14.7. The molecule has 1 amide bonds. The van der Waals surface area contributed by atoms with Crippen LogP contribution in [0, 0.1) is 16.7 Å². The van der Waals surface area contributed by atoms with Crippen molar-refractivity contribution in [3.05, 3.63) is 0 Å². The zero-order chi connectivity index (χ0) is 16.2. The maximum absolute atomic E-state index is 12.6. The third-order valence-corrected chi connectivity index (χ3v) is 5.15. The molecule has 1 aliphatic carbocycles. The van der Waals surface area contributed by atoms with Crippen LogP contribution in [0.1, 0.15) is 61.3 Å². The number of ether oxygens (including phenoxy) is 1. The van der Waals surface area contributed by atoms with Gasteiger partial charge < -0.3 is 15.4 Å². The second-order valence-electron chi connectivity index (χ2n) is 9.25. The van der Waals surface area contributed by atoms with E-state index in [-0.39, 0.29) is 29.0 Å². The van der Waals surface area contributed by atoms with Crippen molar-refractivity contribution in [3.63, 3.8) is 0 Å². The van der Waals surface area contributed by atoms with E-state index in [9.17, 15) is 4.79 Å². The van der Waals surface area contributed by atoms with Crippen LogP contribution in [0.15, 0.2) is 0 Å². The molecule has 4 nitrogen and oxygen atoms in total. The Balaban J connectivity index is 2.17. The van der Waals surface area contributed by atoms with Gasteiger partial charge in [-0.1, -0.05) is 27.7 Å². The number of carbonyl (C=O) groups is 1. The molecule has 2 aliphatic rings. The summed E-state index contributed by atoms with van der Waals surface area (Å²) in [6.07, 6.45) is 1.97. The molecule has 1 aliphatic heterocycles. The van der Waals surface area contributed by atoms with Gasteiger partial charge in [-0.05, 0) is 44.4 Å². The van der Waals surface area contributed by atoms with Gasteiger partial charge in [0.05, 0.1) is 0 Å². The standard InChI is InChI=1S/C17H32N2O2/c1-15(2,3)21-14(20)19-10-16(4,5)9-8-11(19)12-13(18)17(12,6)7/h11-13H,8-10,18H2,1-7H3. The summed E-state index contributed by atoms with van der Waals surface area (Å²) in [6.45, 7) is 15.4. The third-order valence-electron chi connectivity index (χ3n) is 5.15. The molecular formula is C17H32N2O2. The summed E-state index contributed by atoms with van der Waals surface area (Å²) in [5.74, 6) is 0.390. The second-order valence-corrected chi connectivity index (χ2v) is 9.25. The van der Waals surface area contributed by atoms with Crippen LogP contribution in [-0.4, -0.2) is 35.2 Å². The van der Waals surface area contributed by atoms with Gasteiger partial charge in [0.1, 0.15) is 5.60 Å². The number of nitrogens with zero attached hydrogens (tertiary/aromatic N) is 1. The molecule has 0 spiro atoms. The molecule has 21 heavy (non-hydrogen) atoms. The van der Waals surface area contributed by atoms with E-state index in [1.165, 1.54) is 0 Å². The van der Waals surface area contributed by atoms with Crippen LogP contribution in [0.5, 0.6) is 0 Å². The van der Waals surface area contributed by atoms with E-state index in [1.54, 1.807) is 0 Å². The summed E-state index contributed by atoms with van der Waals surface area (Å²) in [6, 6.07) is 0.409. The molecule has 0 aromatic heterocycles. The molecular weight excluding hydrogens is 264 g/mol. The summed E-state index contributed by atoms with van der Waals surface area (Å²) in [5.41, 5.74) is 6.08. The predicted octanol–water partition coefficient (Wildman–Crippen LogP) is 3.40. The Hall–Kier alpha value is -0.770. The van der Waals surface area contributed by atoms with Gasteiger partial charge in [-0.25, -0.2) is 4.79 Å². The van der Waals surface area contributed by atoms with E-state index in [4.69, 9.17) is 10.5 Å². The lowest BCUT2D eigenvalue weighted by molar-refractivity contribution is -0.0132. The summed E-state index contributed by atoms with van der Waals surface area (Å²) in [7, 11) is 0. The fraction of sp³-hybridized carbons (Fsp3) is 0.941. The lowest BCUT2D eigenvalue weighted by atomic mass is 9.79. The normalized spacial score (nSPS) is 34.5. The number of hydrogen-bond acceptors (Lipinski definition) is 3. The number of carbonyl (C=O) groups excluding carboxylic acids is 1. The Morgan fingerprint density at radius 1 is 1.24 bits per heavy atom. The zero-order valence-electron chi connectivity index (χ0n) is 14.7. The minimum atomic E-state index is -0.454. The maximum Gasteiger partial charge on any atom is 0.410 e. The Labute approximate surface area is 129 Å². The molecule has 0 aromatic rings. The Bertz CT molecular complexity index is 423. The quantitative estimate of drug-likeness (QED) is 0.807. The van der Waals surface area contributed by atoms with Crippen molar-refractivity contribution in [1.29, 1.82) is 0 Å². The summed E-state index contributed by atoms with van der Waals surface area (Å²) in [4.78, 5) is 14.6. The van der Waals surface area contributed by atoms with Gasteiger partial charge in [-0.3, -0.25) is 0 Å². The first-order chi connectivity index (χ1) is 9.35. The molecule has 0 bridgehead atoms. The fourth-order valence-corrected chi connectivity index (χ4v) is 3.70. The van der Waals surface area contributed by atoms with Crippen molar-refractivity contribution in [2.45, 2.75) is 79.0 Å². The summed E-state index contributed by atoms with van der Waals surface area (Å²) >= 11 is 0. The van der Waals surface area contributed by atoms with Crippen LogP contribution in [0.4, 0.5) is 4.79 Å². The molecule has 2 N–H and O–H groups in total. The van der Waals surface area contributed by atoms with Crippen molar-refractivity contribution >= 4 is 6.09 Å². The van der Waals surface area contributed by atoms with Crippen LogP contribution < -0.4 is 5.73 Å². The SMILES string of the molecule is CC1(C)CCC(C2C(N)C2(C)C)N(C(=O)OC(C)(C)C)C1. The third kappa shape index (κ3) is 3.36. The van der Waals surface area contributed by atoms with E-state index in [0.29, 0.717) is 5.92 Å². The number of nitrogens with two attached hydrogens (primary N) is 1. The van der Waals surface area contributed by atoms with Crippen LogP contribution in [0.2, 0.25) is 0 Å². The van der Waals surface area contributed by atoms with E-state index in [0.717, 1.165) is 19.4 Å².